The van der Waals surface area contributed by atoms with Gasteiger partial charge in [0.2, 0.25) is 0 Å². The van der Waals surface area contributed by atoms with Crippen LogP contribution in [0.4, 0.5) is 0 Å². The van der Waals surface area contributed by atoms with Gasteiger partial charge in [-0.25, -0.2) is 9.97 Å². The Kier molecular flexibility index (Phi) is 3.69. The molecule has 0 bridgehead atoms. The van der Waals surface area contributed by atoms with Crippen LogP contribution in [0.3, 0.4) is 0 Å². The van der Waals surface area contributed by atoms with E-state index >= 15 is 0 Å². The van der Waals surface area contributed by atoms with Gasteiger partial charge in [0.25, 0.3) is 0 Å². The van der Waals surface area contributed by atoms with E-state index < -0.39 is 0 Å². The van der Waals surface area contributed by atoms with Crippen LogP contribution in [0.5, 0.6) is 0 Å². The zero-order chi connectivity index (χ0) is 13.1. The molecule has 1 atom stereocenters. The van der Waals surface area contributed by atoms with Gasteiger partial charge in [-0.1, -0.05) is 6.92 Å². The summed E-state index contributed by atoms with van der Waals surface area (Å²) in [6, 6.07) is 4.68. The lowest BCUT2D eigenvalue weighted by atomic mass is 10.1. The summed E-state index contributed by atoms with van der Waals surface area (Å²) >= 11 is 0. The second kappa shape index (κ2) is 5.61. The monoisotopic (exact) mass is 256 g/mol. The van der Waals surface area contributed by atoms with Gasteiger partial charge in [-0.05, 0) is 43.9 Å². The van der Waals surface area contributed by atoms with Gasteiger partial charge in [-0.2, -0.15) is 0 Å². The van der Waals surface area contributed by atoms with Crippen molar-refractivity contribution in [2.24, 2.45) is 5.92 Å². The van der Waals surface area contributed by atoms with E-state index in [1.54, 1.807) is 12.4 Å². The van der Waals surface area contributed by atoms with Crippen molar-refractivity contribution in [2.75, 3.05) is 6.54 Å². The zero-order valence-corrected chi connectivity index (χ0v) is 11.3. The van der Waals surface area contributed by atoms with E-state index in [1.807, 2.05) is 6.07 Å². The summed E-state index contributed by atoms with van der Waals surface area (Å²) in [6.45, 7) is 3.30. The lowest BCUT2D eigenvalue weighted by Crippen LogP contribution is -2.34. The average molecular weight is 256 g/mol. The van der Waals surface area contributed by atoms with Crippen LogP contribution in [0.15, 0.2) is 24.5 Å². The second-order valence-corrected chi connectivity index (χ2v) is 5.30. The fraction of sp³-hybridized carbons (Fsp3) is 0.533. The Labute approximate surface area is 113 Å². The zero-order valence-electron chi connectivity index (χ0n) is 11.3. The molecular formula is C15H20N4. The highest BCUT2D eigenvalue weighted by Crippen LogP contribution is 2.34. The molecular weight excluding hydrogens is 236 g/mol. The van der Waals surface area contributed by atoms with Gasteiger partial charge in [0, 0.05) is 30.6 Å². The number of aromatic nitrogens is 3. The van der Waals surface area contributed by atoms with E-state index in [4.69, 9.17) is 0 Å². The van der Waals surface area contributed by atoms with E-state index in [1.165, 1.54) is 19.3 Å². The van der Waals surface area contributed by atoms with E-state index in [0.29, 0.717) is 6.04 Å². The van der Waals surface area contributed by atoms with Crippen LogP contribution in [-0.4, -0.2) is 27.5 Å². The van der Waals surface area contributed by atoms with E-state index in [0.717, 1.165) is 35.7 Å². The molecule has 4 heteroatoms. The largest absolute Gasteiger partial charge is 0.313 e. The van der Waals surface area contributed by atoms with Crippen molar-refractivity contribution < 1.29 is 0 Å². The summed E-state index contributed by atoms with van der Waals surface area (Å²) in [5, 5.41) is 3.65. The summed E-state index contributed by atoms with van der Waals surface area (Å²) in [7, 11) is 0. The third kappa shape index (κ3) is 3.07. The van der Waals surface area contributed by atoms with Crippen LogP contribution in [0.2, 0.25) is 0 Å². The molecule has 0 aliphatic heterocycles. The van der Waals surface area contributed by atoms with Crippen LogP contribution in [0.1, 0.15) is 31.9 Å². The maximum atomic E-state index is 4.62. The topological polar surface area (TPSA) is 50.7 Å². The molecule has 1 aliphatic rings. The molecule has 2 aromatic heterocycles. The predicted octanol–water partition coefficient (Wildman–Crippen LogP) is 2.35. The third-order valence-corrected chi connectivity index (χ3v) is 3.67. The summed E-state index contributed by atoms with van der Waals surface area (Å²) in [6.07, 6.45) is 8.30. The first-order valence-corrected chi connectivity index (χ1v) is 7.17. The van der Waals surface area contributed by atoms with Gasteiger partial charge in [0.05, 0.1) is 0 Å². The van der Waals surface area contributed by atoms with Crippen molar-refractivity contribution in [2.45, 2.75) is 38.6 Å². The molecule has 1 aliphatic carbocycles. The maximum absolute atomic E-state index is 4.62. The number of hydrogen-bond acceptors (Lipinski definition) is 4. The number of pyridine rings is 1. The van der Waals surface area contributed by atoms with Crippen LogP contribution in [-0.2, 0) is 6.42 Å². The molecule has 2 heterocycles. The van der Waals surface area contributed by atoms with Crippen molar-refractivity contribution in [3.05, 3.63) is 30.2 Å². The Morgan fingerprint density at radius 1 is 1.26 bits per heavy atom. The molecule has 1 unspecified atom stereocenters. The standard InChI is InChI=1S/C15H20N4/c1-2-7-16-14(11-3-4-11)10-12-5-6-13-15(19-12)18-9-8-17-13/h5-6,8-9,11,14,16H,2-4,7,10H2,1H3. The summed E-state index contributed by atoms with van der Waals surface area (Å²) in [5.41, 5.74) is 2.74. The van der Waals surface area contributed by atoms with Crippen LogP contribution >= 0.6 is 0 Å². The Hall–Kier alpha value is -1.55. The maximum Gasteiger partial charge on any atom is 0.178 e. The first-order chi connectivity index (χ1) is 9.36. The normalized spacial score (nSPS) is 16.7. The number of rotatable bonds is 6. The van der Waals surface area contributed by atoms with Gasteiger partial charge in [-0.15, -0.1) is 0 Å². The highest BCUT2D eigenvalue weighted by atomic mass is 14.9. The highest BCUT2D eigenvalue weighted by Gasteiger charge is 2.30. The summed E-state index contributed by atoms with van der Waals surface area (Å²) in [5.74, 6) is 0.839. The molecule has 0 amide bonds. The minimum absolute atomic E-state index is 0.571. The Morgan fingerprint density at radius 2 is 2.11 bits per heavy atom. The molecule has 0 radical (unpaired) electrons. The van der Waals surface area contributed by atoms with Gasteiger partial charge >= 0.3 is 0 Å². The average Bonchev–Trinajstić information content (AvgIpc) is 3.28. The van der Waals surface area contributed by atoms with Gasteiger partial charge < -0.3 is 5.32 Å². The Bertz CT molecular complexity index is 551. The van der Waals surface area contributed by atoms with Crippen LogP contribution < -0.4 is 5.32 Å². The van der Waals surface area contributed by atoms with Crippen molar-refractivity contribution in [1.29, 1.82) is 0 Å². The number of nitrogens with zero attached hydrogens (tertiary/aromatic N) is 3. The van der Waals surface area contributed by atoms with Crippen molar-refractivity contribution in [1.82, 2.24) is 20.3 Å². The molecule has 1 fully saturated rings. The Morgan fingerprint density at radius 3 is 2.89 bits per heavy atom. The molecule has 0 spiro atoms. The number of hydrogen-bond donors (Lipinski definition) is 1. The molecule has 100 valence electrons. The van der Waals surface area contributed by atoms with E-state index in [2.05, 4.69) is 33.3 Å². The fourth-order valence-corrected chi connectivity index (χ4v) is 2.47. The minimum atomic E-state index is 0.571. The molecule has 2 aromatic rings. The van der Waals surface area contributed by atoms with Crippen molar-refractivity contribution in [3.8, 4) is 0 Å². The molecule has 4 nitrogen and oxygen atoms in total. The Balaban J connectivity index is 1.75. The lowest BCUT2D eigenvalue weighted by molar-refractivity contribution is 0.456. The molecule has 0 saturated heterocycles. The van der Waals surface area contributed by atoms with Crippen LogP contribution in [0.25, 0.3) is 11.2 Å². The molecule has 19 heavy (non-hydrogen) atoms. The smallest absolute Gasteiger partial charge is 0.178 e. The highest BCUT2D eigenvalue weighted by molar-refractivity contribution is 5.68. The second-order valence-electron chi connectivity index (χ2n) is 5.30. The van der Waals surface area contributed by atoms with Crippen LogP contribution in [0, 0.1) is 5.92 Å². The van der Waals surface area contributed by atoms with Gasteiger partial charge in [0.1, 0.15) is 5.52 Å². The van der Waals surface area contributed by atoms with Gasteiger partial charge in [-0.3, -0.25) is 4.98 Å². The summed E-state index contributed by atoms with van der Waals surface area (Å²) in [4.78, 5) is 13.2. The van der Waals surface area contributed by atoms with E-state index in [-0.39, 0.29) is 0 Å². The first kappa shape index (κ1) is 12.5. The molecule has 1 N–H and O–H groups in total. The third-order valence-electron chi connectivity index (χ3n) is 3.67. The quantitative estimate of drug-likeness (QED) is 0.862. The van der Waals surface area contributed by atoms with Crippen molar-refractivity contribution in [3.63, 3.8) is 0 Å². The number of nitrogens with one attached hydrogen (secondary N) is 1. The minimum Gasteiger partial charge on any atom is -0.313 e. The fourth-order valence-electron chi connectivity index (χ4n) is 2.47. The molecule has 1 saturated carbocycles. The molecule has 0 aromatic carbocycles. The van der Waals surface area contributed by atoms with E-state index in [9.17, 15) is 0 Å². The van der Waals surface area contributed by atoms with Gasteiger partial charge in [0.15, 0.2) is 5.65 Å². The summed E-state index contributed by atoms with van der Waals surface area (Å²) < 4.78 is 0. The SMILES string of the molecule is CCCNC(Cc1ccc2nccnc2n1)C1CC1. The van der Waals surface area contributed by atoms with Crippen molar-refractivity contribution >= 4 is 11.2 Å². The predicted molar refractivity (Wildman–Crippen MR) is 75.8 cm³/mol. The lowest BCUT2D eigenvalue weighted by Gasteiger charge is -2.17. The molecule has 3 rings (SSSR count). The first-order valence-electron chi connectivity index (χ1n) is 7.17. The number of fused-ring (bicyclic) bond motifs is 1.